The zero-order valence-electron chi connectivity index (χ0n) is 17.8. The number of esters is 1. The standard InChI is InChI=1S/C25H20N2O5S/c1-32-25(31)20-18-11-4-5-12-19(18)33-22(20)26-21(28)14-7-6-8-15(13-14)27-23(29)16-9-2-3-10-17(16)24(27)30/h2-3,6-10,13H,4-5,11-12H2,1H3,(H,26,28). The van der Waals surface area contributed by atoms with Crippen molar-refractivity contribution >= 4 is 45.7 Å². The van der Waals surface area contributed by atoms with Gasteiger partial charge < -0.3 is 10.1 Å². The molecular formula is C25H20N2O5S. The number of imide groups is 1. The Morgan fingerprint density at radius 1 is 0.970 bits per heavy atom. The fourth-order valence-corrected chi connectivity index (χ4v) is 5.63. The molecule has 3 amide bonds. The minimum atomic E-state index is -0.468. The number of ether oxygens (including phenoxy) is 1. The molecule has 0 unspecified atom stereocenters. The molecule has 166 valence electrons. The Balaban J connectivity index is 1.45. The normalized spacial score (nSPS) is 14.6. The van der Waals surface area contributed by atoms with Crippen LogP contribution in [-0.2, 0) is 17.6 Å². The molecular weight excluding hydrogens is 440 g/mol. The van der Waals surface area contributed by atoms with Gasteiger partial charge in [0.25, 0.3) is 17.7 Å². The number of anilines is 2. The zero-order chi connectivity index (χ0) is 23.1. The number of amides is 3. The van der Waals surface area contributed by atoms with E-state index in [1.807, 2.05) is 0 Å². The van der Waals surface area contributed by atoms with Crippen molar-refractivity contribution in [2.24, 2.45) is 0 Å². The molecule has 0 saturated heterocycles. The second kappa shape index (κ2) is 8.29. The Morgan fingerprint density at radius 3 is 2.36 bits per heavy atom. The second-order valence-corrected chi connectivity index (χ2v) is 9.01. The summed E-state index contributed by atoms with van der Waals surface area (Å²) in [6.45, 7) is 0. The molecule has 1 aliphatic carbocycles. The molecule has 1 N–H and O–H groups in total. The van der Waals surface area contributed by atoms with Gasteiger partial charge in [0.1, 0.15) is 5.00 Å². The van der Waals surface area contributed by atoms with Crippen molar-refractivity contribution in [2.75, 3.05) is 17.3 Å². The summed E-state index contributed by atoms with van der Waals surface area (Å²) in [6.07, 6.45) is 3.68. The average Bonchev–Trinajstić information content (AvgIpc) is 3.33. The Kier molecular flexibility index (Phi) is 5.30. The van der Waals surface area contributed by atoms with E-state index in [0.29, 0.717) is 27.4 Å². The molecule has 3 aromatic rings. The van der Waals surface area contributed by atoms with Gasteiger partial charge in [0.2, 0.25) is 0 Å². The quantitative estimate of drug-likeness (QED) is 0.458. The van der Waals surface area contributed by atoms with Crippen molar-refractivity contribution in [1.82, 2.24) is 0 Å². The van der Waals surface area contributed by atoms with E-state index in [-0.39, 0.29) is 5.56 Å². The Morgan fingerprint density at radius 2 is 1.67 bits per heavy atom. The van der Waals surface area contributed by atoms with Gasteiger partial charge in [0.05, 0.1) is 29.5 Å². The zero-order valence-corrected chi connectivity index (χ0v) is 18.7. The van der Waals surface area contributed by atoms with Gasteiger partial charge in [-0.05, 0) is 61.6 Å². The number of fused-ring (bicyclic) bond motifs is 2. The Bertz CT molecular complexity index is 1290. The van der Waals surface area contributed by atoms with Gasteiger partial charge in [-0.25, -0.2) is 9.69 Å². The van der Waals surface area contributed by atoms with Crippen molar-refractivity contribution < 1.29 is 23.9 Å². The largest absolute Gasteiger partial charge is 0.465 e. The number of nitrogens with zero attached hydrogens (tertiary/aromatic N) is 1. The van der Waals surface area contributed by atoms with E-state index in [4.69, 9.17) is 4.74 Å². The fourth-order valence-electron chi connectivity index (χ4n) is 4.36. The monoisotopic (exact) mass is 460 g/mol. The molecule has 0 bridgehead atoms. The van der Waals surface area contributed by atoms with Crippen LogP contribution in [0.4, 0.5) is 10.7 Å². The highest BCUT2D eigenvalue weighted by atomic mass is 32.1. The molecule has 0 saturated carbocycles. The van der Waals surface area contributed by atoms with Crippen LogP contribution in [0.25, 0.3) is 0 Å². The van der Waals surface area contributed by atoms with E-state index >= 15 is 0 Å². The minimum Gasteiger partial charge on any atom is -0.465 e. The van der Waals surface area contributed by atoms with Crippen LogP contribution < -0.4 is 10.2 Å². The molecule has 2 aliphatic rings. The van der Waals surface area contributed by atoms with Crippen molar-refractivity contribution in [1.29, 1.82) is 0 Å². The molecule has 0 atom stereocenters. The van der Waals surface area contributed by atoms with Crippen LogP contribution in [-0.4, -0.2) is 30.8 Å². The van der Waals surface area contributed by atoms with Crippen LogP contribution in [0.15, 0.2) is 48.5 Å². The van der Waals surface area contributed by atoms with Gasteiger partial charge in [-0.2, -0.15) is 0 Å². The molecule has 2 heterocycles. The molecule has 0 spiro atoms. The third-order valence-corrected chi connectivity index (χ3v) is 7.16. The highest BCUT2D eigenvalue weighted by Gasteiger charge is 2.36. The Hall–Kier alpha value is -3.78. The van der Waals surface area contributed by atoms with Gasteiger partial charge in [0.15, 0.2) is 0 Å². The summed E-state index contributed by atoms with van der Waals surface area (Å²) in [4.78, 5) is 53.3. The molecule has 1 aromatic heterocycles. The summed E-state index contributed by atoms with van der Waals surface area (Å²) < 4.78 is 4.96. The summed E-state index contributed by atoms with van der Waals surface area (Å²) in [6, 6.07) is 13.0. The number of thiophene rings is 1. The number of carbonyl (C=O) groups is 4. The lowest BCUT2D eigenvalue weighted by Crippen LogP contribution is -2.29. The molecule has 0 fully saturated rings. The van der Waals surface area contributed by atoms with Crippen LogP contribution in [0.3, 0.4) is 0 Å². The van der Waals surface area contributed by atoms with Gasteiger partial charge >= 0.3 is 5.97 Å². The lowest BCUT2D eigenvalue weighted by Gasteiger charge is -2.15. The molecule has 0 radical (unpaired) electrons. The predicted octanol–water partition coefficient (Wildman–Crippen LogP) is 4.47. The van der Waals surface area contributed by atoms with Crippen LogP contribution >= 0.6 is 11.3 Å². The van der Waals surface area contributed by atoms with Gasteiger partial charge in [0, 0.05) is 10.4 Å². The first-order valence-electron chi connectivity index (χ1n) is 10.6. The molecule has 1 aliphatic heterocycles. The maximum atomic E-state index is 13.1. The smallest absolute Gasteiger partial charge is 0.341 e. The SMILES string of the molecule is COC(=O)c1c(NC(=O)c2cccc(N3C(=O)c4ccccc4C3=O)c2)sc2c1CCCC2. The molecule has 8 heteroatoms. The second-order valence-electron chi connectivity index (χ2n) is 7.90. The van der Waals surface area contributed by atoms with Crippen LogP contribution in [0.1, 0.15) is 64.7 Å². The summed E-state index contributed by atoms with van der Waals surface area (Å²) >= 11 is 1.40. The van der Waals surface area contributed by atoms with E-state index in [2.05, 4.69) is 5.32 Å². The minimum absolute atomic E-state index is 0.270. The lowest BCUT2D eigenvalue weighted by atomic mass is 9.95. The maximum Gasteiger partial charge on any atom is 0.341 e. The van der Waals surface area contributed by atoms with Gasteiger partial charge in [-0.3, -0.25) is 14.4 Å². The fraction of sp³-hybridized carbons (Fsp3) is 0.200. The summed E-state index contributed by atoms with van der Waals surface area (Å²) in [5, 5.41) is 3.31. The topological polar surface area (TPSA) is 92.8 Å². The summed E-state index contributed by atoms with van der Waals surface area (Å²) in [5.41, 5.74) is 2.63. The highest BCUT2D eigenvalue weighted by molar-refractivity contribution is 7.17. The number of aryl methyl sites for hydroxylation is 1. The average molecular weight is 461 g/mol. The number of nitrogens with one attached hydrogen (secondary N) is 1. The number of hydrogen-bond acceptors (Lipinski definition) is 6. The summed E-state index contributed by atoms with van der Waals surface area (Å²) in [7, 11) is 1.33. The molecule has 33 heavy (non-hydrogen) atoms. The van der Waals surface area contributed by atoms with Crippen molar-refractivity contribution in [2.45, 2.75) is 25.7 Å². The van der Waals surface area contributed by atoms with Crippen LogP contribution in [0.5, 0.6) is 0 Å². The van der Waals surface area contributed by atoms with Crippen LogP contribution in [0, 0.1) is 0 Å². The van der Waals surface area contributed by atoms with Crippen molar-refractivity contribution in [3.63, 3.8) is 0 Å². The number of carbonyl (C=O) groups excluding carboxylic acids is 4. The summed E-state index contributed by atoms with van der Waals surface area (Å²) in [5.74, 6) is -1.75. The number of methoxy groups -OCH3 is 1. The third kappa shape index (κ3) is 3.52. The number of benzene rings is 2. The van der Waals surface area contributed by atoms with E-state index in [0.717, 1.165) is 41.0 Å². The van der Waals surface area contributed by atoms with Crippen LogP contribution in [0.2, 0.25) is 0 Å². The maximum absolute atomic E-state index is 13.1. The third-order valence-electron chi connectivity index (χ3n) is 5.95. The first kappa shape index (κ1) is 21.1. The van der Waals surface area contributed by atoms with Crippen molar-refractivity contribution in [3.05, 3.63) is 81.2 Å². The predicted molar refractivity (Wildman–Crippen MR) is 124 cm³/mol. The highest BCUT2D eigenvalue weighted by Crippen LogP contribution is 2.39. The van der Waals surface area contributed by atoms with E-state index in [1.165, 1.54) is 24.5 Å². The van der Waals surface area contributed by atoms with Crippen molar-refractivity contribution in [3.8, 4) is 0 Å². The Labute approximate surface area is 194 Å². The van der Waals surface area contributed by atoms with E-state index < -0.39 is 23.7 Å². The molecule has 5 rings (SSSR count). The number of rotatable bonds is 4. The van der Waals surface area contributed by atoms with E-state index in [1.54, 1.807) is 42.5 Å². The first-order valence-corrected chi connectivity index (χ1v) is 11.4. The van der Waals surface area contributed by atoms with Gasteiger partial charge in [-0.1, -0.05) is 18.2 Å². The molecule has 2 aromatic carbocycles. The number of hydrogen-bond donors (Lipinski definition) is 1. The molecule has 7 nitrogen and oxygen atoms in total. The van der Waals surface area contributed by atoms with E-state index in [9.17, 15) is 19.2 Å². The van der Waals surface area contributed by atoms with Gasteiger partial charge in [-0.15, -0.1) is 11.3 Å². The lowest BCUT2D eigenvalue weighted by molar-refractivity contribution is 0.0600. The first-order chi connectivity index (χ1) is 16.0.